The molecule has 3 amide bonds. The van der Waals surface area contributed by atoms with Gasteiger partial charge in [-0.3, -0.25) is 4.79 Å². The number of para-hydroxylation sites is 1. The normalized spacial score (nSPS) is 16.8. The Balaban J connectivity index is 1.62. The molecule has 2 aromatic rings. The van der Waals surface area contributed by atoms with Gasteiger partial charge in [0.05, 0.1) is 6.04 Å². The SMILES string of the molecule is CCc1ccccc1NC(=O)N[C@H]1CC(=O)N(c2cccc(F)c2)C1. The predicted octanol–water partition coefficient (Wildman–Crippen LogP) is 3.32. The number of amides is 3. The highest BCUT2D eigenvalue weighted by Gasteiger charge is 2.31. The molecule has 0 bridgehead atoms. The molecular weight excluding hydrogens is 321 g/mol. The fourth-order valence-corrected chi connectivity index (χ4v) is 2.99. The van der Waals surface area contributed by atoms with E-state index in [0.717, 1.165) is 17.7 Å². The van der Waals surface area contributed by atoms with Crippen molar-refractivity contribution in [3.8, 4) is 0 Å². The zero-order valence-corrected chi connectivity index (χ0v) is 14.0. The van der Waals surface area contributed by atoms with Crippen LogP contribution in [0.15, 0.2) is 48.5 Å². The lowest BCUT2D eigenvalue weighted by molar-refractivity contribution is -0.117. The zero-order valence-electron chi connectivity index (χ0n) is 14.0. The summed E-state index contributed by atoms with van der Waals surface area (Å²) in [5.74, 6) is -0.527. The van der Waals surface area contributed by atoms with Crippen LogP contribution in [-0.2, 0) is 11.2 Å². The van der Waals surface area contributed by atoms with Crippen molar-refractivity contribution in [2.45, 2.75) is 25.8 Å². The second-order valence-electron chi connectivity index (χ2n) is 5.99. The summed E-state index contributed by atoms with van der Waals surface area (Å²) < 4.78 is 13.4. The molecule has 1 aliphatic heterocycles. The van der Waals surface area contributed by atoms with E-state index in [2.05, 4.69) is 10.6 Å². The molecule has 1 aliphatic rings. The number of hydrogen-bond donors (Lipinski definition) is 2. The summed E-state index contributed by atoms with van der Waals surface area (Å²) in [6.07, 6.45) is 1.01. The Bertz CT molecular complexity index is 794. The van der Waals surface area contributed by atoms with E-state index in [0.29, 0.717) is 12.2 Å². The number of carbonyl (C=O) groups excluding carboxylic acids is 2. The topological polar surface area (TPSA) is 61.4 Å². The van der Waals surface area contributed by atoms with Gasteiger partial charge in [0, 0.05) is 24.3 Å². The maximum absolute atomic E-state index is 13.4. The highest BCUT2D eigenvalue weighted by atomic mass is 19.1. The van der Waals surface area contributed by atoms with E-state index in [1.165, 1.54) is 17.0 Å². The molecule has 1 heterocycles. The number of carbonyl (C=O) groups is 2. The highest BCUT2D eigenvalue weighted by Crippen LogP contribution is 2.22. The van der Waals surface area contributed by atoms with Gasteiger partial charge in [-0.05, 0) is 36.2 Å². The molecule has 0 radical (unpaired) electrons. The molecule has 2 N–H and O–H groups in total. The smallest absolute Gasteiger partial charge is 0.319 e. The quantitative estimate of drug-likeness (QED) is 0.896. The number of aryl methyl sites for hydroxylation is 1. The molecule has 5 nitrogen and oxygen atoms in total. The van der Waals surface area contributed by atoms with Crippen molar-refractivity contribution in [2.24, 2.45) is 0 Å². The zero-order chi connectivity index (χ0) is 17.8. The first-order valence-electron chi connectivity index (χ1n) is 8.28. The molecule has 6 heteroatoms. The standard InChI is InChI=1S/C19H20FN3O2/c1-2-13-6-3-4-9-17(13)22-19(25)21-15-11-18(24)23(12-15)16-8-5-7-14(20)10-16/h3-10,15H,2,11-12H2,1H3,(H2,21,22,25)/t15-/m0/s1. The Labute approximate surface area is 145 Å². The summed E-state index contributed by atoms with van der Waals surface area (Å²) in [7, 11) is 0. The monoisotopic (exact) mass is 341 g/mol. The Morgan fingerprint density at radius 1 is 1.24 bits per heavy atom. The van der Waals surface area contributed by atoms with Gasteiger partial charge in [-0.25, -0.2) is 9.18 Å². The first-order chi connectivity index (χ1) is 12.1. The third-order valence-corrected chi connectivity index (χ3v) is 4.23. The average molecular weight is 341 g/mol. The van der Waals surface area contributed by atoms with Gasteiger partial charge < -0.3 is 15.5 Å². The summed E-state index contributed by atoms with van der Waals surface area (Å²) >= 11 is 0. The van der Waals surface area contributed by atoms with Crippen LogP contribution in [0, 0.1) is 5.82 Å². The number of nitrogens with one attached hydrogen (secondary N) is 2. The second kappa shape index (κ2) is 7.34. The van der Waals surface area contributed by atoms with E-state index >= 15 is 0 Å². The molecule has 0 aromatic heterocycles. The molecule has 130 valence electrons. The minimum atomic E-state index is -0.393. The number of halogens is 1. The van der Waals surface area contributed by atoms with E-state index in [4.69, 9.17) is 0 Å². The molecule has 2 aromatic carbocycles. The van der Waals surface area contributed by atoms with Gasteiger partial charge in [-0.2, -0.15) is 0 Å². The van der Waals surface area contributed by atoms with Crippen molar-refractivity contribution in [1.29, 1.82) is 0 Å². The average Bonchev–Trinajstić information content (AvgIpc) is 2.95. The lowest BCUT2D eigenvalue weighted by atomic mass is 10.1. The number of benzene rings is 2. The van der Waals surface area contributed by atoms with Gasteiger partial charge in [-0.15, -0.1) is 0 Å². The highest BCUT2D eigenvalue weighted by molar-refractivity contribution is 5.97. The summed E-state index contributed by atoms with van der Waals surface area (Å²) in [6.45, 7) is 2.34. The summed E-state index contributed by atoms with van der Waals surface area (Å²) in [5, 5.41) is 5.64. The summed E-state index contributed by atoms with van der Waals surface area (Å²) in [5.41, 5.74) is 2.31. The maximum atomic E-state index is 13.4. The van der Waals surface area contributed by atoms with Gasteiger partial charge in [0.1, 0.15) is 5.82 Å². The third-order valence-electron chi connectivity index (χ3n) is 4.23. The molecule has 25 heavy (non-hydrogen) atoms. The lowest BCUT2D eigenvalue weighted by Crippen LogP contribution is -2.39. The van der Waals surface area contributed by atoms with Crippen LogP contribution in [-0.4, -0.2) is 24.5 Å². The van der Waals surface area contributed by atoms with Crippen molar-refractivity contribution in [2.75, 3.05) is 16.8 Å². The Morgan fingerprint density at radius 3 is 2.80 bits per heavy atom. The van der Waals surface area contributed by atoms with Crippen LogP contribution >= 0.6 is 0 Å². The molecule has 3 rings (SSSR count). The van der Waals surface area contributed by atoms with Gasteiger partial charge in [0.25, 0.3) is 0 Å². The molecule has 0 unspecified atom stereocenters. The minimum Gasteiger partial charge on any atom is -0.333 e. The predicted molar refractivity (Wildman–Crippen MR) is 95.1 cm³/mol. The number of urea groups is 1. The minimum absolute atomic E-state index is 0.134. The largest absolute Gasteiger partial charge is 0.333 e. The van der Waals surface area contributed by atoms with Crippen LogP contribution in [0.2, 0.25) is 0 Å². The first kappa shape index (κ1) is 17.0. The maximum Gasteiger partial charge on any atom is 0.319 e. The fourth-order valence-electron chi connectivity index (χ4n) is 2.99. The van der Waals surface area contributed by atoms with Gasteiger partial charge in [-0.1, -0.05) is 31.2 Å². The number of nitrogens with zero attached hydrogens (tertiary/aromatic N) is 1. The van der Waals surface area contributed by atoms with Crippen LogP contribution in [0.25, 0.3) is 0 Å². The van der Waals surface area contributed by atoms with Crippen LogP contribution in [0.1, 0.15) is 18.9 Å². The van der Waals surface area contributed by atoms with Crippen LogP contribution in [0.4, 0.5) is 20.6 Å². The second-order valence-corrected chi connectivity index (χ2v) is 5.99. The van der Waals surface area contributed by atoms with Crippen molar-refractivity contribution in [1.82, 2.24) is 5.32 Å². The molecule has 0 spiro atoms. The lowest BCUT2D eigenvalue weighted by Gasteiger charge is -2.18. The molecular formula is C19H20FN3O2. The van der Waals surface area contributed by atoms with E-state index in [-0.39, 0.29) is 24.4 Å². The van der Waals surface area contributed by atoms with Crippen LogP contribution in [0.5, 0.6) is 0 Å². The molecule has 0 aliphatic carbocycles. The van der Waals surface area contributed by atoms with Crippen molar-refractivity contribution >= 4 is 23.3 Å². The number of anilines is 2. The first-order valence-corrected chi connectivity index (χ1v) is 8.28. The van der Waals surface area contributed by atoms with Crippen molar-refractivity contribution < 1.29 is 14.0 Å². The molecule has 0 saturated carbocycles. The summed E-state index contributed by atoms with van der Waals surface area (Å²) in [4.78, 5) is 25.9. The number of rotatable bonds is 4. The van der Waals surface area contributed by atoms with Crippen LogP contribution < -0.4 is 15.5 Å². The third kappa shape index (κ3) is 3.96. The van der Waals surface area contributed by atoms with Gasteiger partial charge in [0.15, 0.2) is 0 Å². The van der Waals surface area contributed by atoms with E-state index in [9.17, 15) is 14.0 Å². The van der Waals surface area contributed by atoms with E-state index in [1.54, 1.807) is 12.1 Å². The van der Waals surface area contributed by atoms with Gasteiger partial charge >= 0.3 is 6.03 Å². The molecule has 1 saturated heterocycles. The van der Waals surface area contributed by atoms with E-state index in [1.807, 2.05) is 31.2 Å². The fraction of sp³-hybridized carbons (Fsp3) is 0.263. The van der Waals surface area contributed by atoms with Crippen molar-refractivity contribution in [3.05, 3.63) is 59.9 Å². The molecule has 1 fully saturated rings. The van der Waals surface area contributed by atoms with Crippen molar-refractivity contribution in [3.63, 3.8) is 0 Å². The number of hydrogen-bond acceptors (Lipinski definition) is 2. The van der Waals surface area contributed by atoms with Gasteiger partial charge in [0.2, 0.25) is 5.91 Å². The van der Waals surface area contributed by atoms with E-state index < -0.39 is 5.82 Å². The Hall–Kier alpha value is -2.89. The Kier molecular flexibility index (Phi) is 4.97. The Morgan fingerprint density at radius 2 is 2.04 bits per heavy atom. The summed E-state index contributed by atoms with van der Waals surface area (Å²) in [6, 6.07) is 12.8. The van der Waals surface area contributed by atoms with Crippen LogP contribution in [0.3, 0.4) is 0 Å². The molecule has 1 atom stereocenters.